The molecule has 0 unspecified atom stereocenters. The van der Waals surface area contributed by atoms with Gasteiger partial charge in [0.25, 0.3) is 0 Å². The second-order valence-electron chi connectivity index (χ2n) is 14.0. The van der Waals surface area contributed by atoms with Crippen LogP contribution in [0.5, 0.6) is 11.5 Å². The molecule has 0 bridgehead atoms. The van der Waals surface area contributed by atoms with Crippen molar-refractivity contribution >= 4 is 29.0 Å². The van der Waals surface area contributed by atoms with Crippen molar-refractivity contribution in [3.05, 3.63) is 97.1 Å². The van der Waals surface area contributed by atoms with Crippen LogP contribution in [0.3, 0.4) is 0 Å². The molecule has 0 aliphatic heterocycles. The smallest absolute Gasteiger partial charge is 0.748 e. The summed E-state index contributed by atoms with van der Waals surface area (Å²) in [6.07, 6.45) is 15.0. The van der Waals surface area contributed by atoms with Gasteiger partial charge in [-0.15, -0.1) is 35.9 Å². The molecule has 284 valence electrons. The zero-order chi connectivity index (χ0) is 36.8. The number of hydrogen-bond donors (Lipinski definition) is 1. The summed E-state index contributed by atoms with van der Waals surface area (Å²) in [4.78, 5) is 0. The molecule has 2 aliphatic carbocycles. The molecule has 2 N–H and O–H groups in total. The number of benzene rings is 4. The third-order valence-corrected chi connectivity index (χ3v) is 12.6. The van der Waals surface area contributed by atoms with Crippen LogP contribution in [0.2, 0.25) is 0 Å². The number of rotatable bonds is 9. The minimum absolute atomic E-state index is 0. The van der Waals surface area contributed by atoms with Gasteiger partial charge in [-0.3, -0.25) is 0 Å². The van der Waals surface area contributed by atoms with Crippen molar-refractivity contribution in [2.24, 2.45) is 0 Å². The van der Waals surface area contributed by atoms with Gasteiger partial charge in [-0.1, -0.05) is 101 Å². The Morgan fingerprint density at radius 1 is 0.692 bits per heavy atom. The van der Waals surface area contributed by atoms with Gasteiger partial charge in [0.2, 0.25) is 0 Å². The first kappa shape index (κ1) is 43.7. The van der Waals surface area contributed by atoms with Crippen LogP contribution in [0.25, 0.3) is 22.3 Å². The monoisotopic (exact) mass is 835 g/mol. The Balaban J connectivity index is 0.000000316. The Bertz CT molecular complexity index is 1690. The molecule has 2 aliphatic rings. The summed E-state index contributed by atoms with van der Waals surface area (Å²) < 4.78 is 40.0. The van der Waals surface area contributed by atoms with E-state index in [4.69, 9.17) is 28.2 Å². The minimum atomic E-state index is -3.92. The average molecular weight is 836 g/mol. The van der Waals surface area contributed by atoms with E-state index in [1.165, 1.54) is 69.8 Å². The van der Waals surface area contributed by atoms with Gasteiger partial charge < -0.3 is 19.8 Å². The van der Waals surface area contributed by atoms with Crippen LogP contribution in [-0.4, -0.2) is 42.8 Å². The molecule has 52 heavy (non-hydrogen) atoms. The second-order valence-corrected chi connectivity index (χ2v) is 18.2. The van der Waals surface area contributed by atoms with Crippen LogP contribution in [0.15, 0.2) is 91.0 Å². The first-order chi connectivity index (χ1) is 24.4. The molecule has 0 atom stereocenters. The quantitative estimate of drug-likeness (QED) is 0.0592. The third kappa shape index (κ3) is 13.9. The summed E-state index contributed by atoms with van der Waals surface area (Å²) in [6, 6.07) is 34.4. The molecule has 2 fully saturated rings. The molecule has 2 saturated carbocycles. The summed E-state index contributed by atoms with van der Waals surface area (Å²) in [5.74, 6) is 1.91. The summed E-state index contributed by atoms with van der Waals surface area (Å²) in [5, 5.41) is 1.60. The topological polar surface area (TPSA) is 102 Å². The summed E-state index contributed by atoms with van der Waals surface area (Å²) in [7, 11) is -4.13. The van der Waals surface area contributed by atoms with Crippen LogP contribution < -0.4 is 20.5 Å². The number of nitrogens with two attached hydrogens (primary N) is 1. The van der Waals surface area contributed by atoms with E-state index in [1.807, 2.05) is 48.5 Å². The molecule has 4 aromatic rings. The Morgan fingerprint density at radius 2 is 1.15 bits per heavy atom. The fourth-order valence-electron chi connectivity index (χ4n) is 7.10. The Morgan fingerprint density at radius 3 is 1.62 bits per heavy atom. The maximum atomic E-state index is 9.08. The molecule has 9 heteroatoms. The van der Waals surface area contributed by atoms with Crippen LogP contribution in [0.4, 0.5) is 5.69 Å². The maximum absolute atomic E-state index is 9.08. The zero-order valence-electron chi connectivity index (χ0n) is 31.3. The van der Waals surface area contributed by atoms with Gasteiger partial charge in [-0.2, -0.15) is 0 Å². The van der Waals surface area contributed by atoms with Crippen molar-refractivity contribution in [2.45, 2.75) is 115 Å². The molecular formula is C43H56NO5PPdS. The van der Waals surface area contributed by atoms with Gasteiger partial charge in [0.15, 0.2) is 0 Å². The zero-order valence-corrected chi connectivity index (χ0v) is 34.6. The second kappa shape index (κ2) is 21.9. The third-order valence-electron chi connectivity index (χ3n) is 9.06. The fraction of sp³-hybridized carbons (Fsp3) is 0.442. The SMILES string of the molecule is CC(C)Oc1cccc(OC(C)C)c1-c1ccccc1P(C1CCCCC1)C1CCCCC1.CS(=O)(=O)[O-].Nc1ccccc1-c1[c-]cccc1.[Pd+2]. The van der Waals surface area contributed by atoms with E-state index in [2.05, 4.69) is 76.2 Å². The molecule has 0 aromatic heterocycles. The van der Waals surface area contributed by atoms with Crippen molar-refractivity contribution < 1.29 is 42.9 Å². The standard InChI is InChI=1S/C30H43O2P.C12H10N.CH4O3S.Pd/c1-22(2)31-27-19-13-20-28(32-23(3)4)30(27)26-18-11-12-21-29(26)33(24-14-7-5-8-15-24)25-16-9-6-10-17-25;13-12-9-5-4-8-11(12)10-6-2-1-3-7-10;1-5(2,3)4;/h11-13,18-25H,5-10,14-17H2,1-4H3;1-6,8-9H,13H2;1H3,(H,2,3,4);/q;-1;;+2/p-1. The van der Waals surface area contributed by atoms with E-state index in [0.717, 1.165) is 45.2 Å². The Labute approximate surface area is 328 Å². The van der Waals surface area contributed by atoms with E-state index in [9.17, 15) is 0 Å². The van der Waals surface area contributed by atoms with E-state index in [1.54, 1.807) is 5.30 Å². The maximum Gasteiger partial charge on any atom is 2.00 e. The molecule has 0 amide bonds. The largest absolute Gasteiger partial charge is 2.00 e. The summed E-state index contributed by atoms with van der Waals surface area (Å²) in [6.45, 7) is 8.45. The molecule has 6 rings (SSSR count). The van der Waals surface area contributed by atoms with Crippen molar-refractivity contribution in [3.8, 4) is 33.8 Å². The van der Waals surface area contributed by atoms with Crippen molar-refractivity contribution in [2.75, 3.05) is 12.0 Å². The van der Waals surface area contributed by atoms with Crippen LogP contribution >= 0.6 is 7.92 Å². The van der Waals surface area contributed by atoms with Gasteiger partial charge in [0, 0.05) is 6.26 Å². The van der Waals surface area contributed by atoms with Crippen molar-refractivity contribution in [1.82, 2.24) is 0 Å². The van der Waals surface area contributed by atoms with Crippen LogP contribution in [-0.2, 0) is 30.5 Å². The molecule has 4 aromatic carbocycles. The molecule has 0 heterocycles. The molecule has 0 saturated heterocycles. The average Bonchev–Trinajstić information content (AvgIpc) is 3.10. The van der Waals surface area contributed by atoms with Crippen LogP contribution in [0, 0.1) is 6.07 Å². The van der Waals surface area contributed by atoms with Crippen molar-refractivity contribution in [1.29, 1.82) is 0 Å². The summed E-state index contributed by atoms with van der Waals surface area (Å²) in [5.41, 5.74) is 13.0. The van der Waals surface area contributed by atoms with Gasteiger partial charge >= 0.3 is 20.4 Å². The molecule has 0 spiro atoms. The molecular weight excluding hydrogens is 780 g/mol. The predicted molar refractivity (Wildman–Crippen MR) is 214 cm³/mol. The number of para-hydroxylation sites is 1. The Hall–Kier alpha value is -2.72. The van der Waals surface area contributed by atoms with E-state index >= 15 is 0 Å². The van der Waals surface area contributed by atoms with E-state index < -0.39 is 10.1 Å². The van der Waals surface area contributed by atoms with Gasteiger partial charge in [-0.25, -0.2) is 8.42 Å². The minimum Gasteiger partial charge on any atom is -0.748 e. The first-order valence-corrected chi connectivity index (χ1v) is 21.8. The van der Waals surface area contributed by atoms with Gasteiger partial charge in [0.05, 0.1) is 27.9 Å². The predicted octanol–water partition coefficient (Wildman–Crippen LogP) is 10.6. The normalized spacial score (nSPS) is 15.2. The Kier molecular flexibility index (Phi) is 18.4. The summed E-state index contributed by atoms with van der Waals surface area (Å²) >= 11 is 0. The van der Waals surface area contributed by atoms with Gasteiger partial charge in [0.1, 0.15) is 11.5 Å². The number of anilines is 1. The van der Waals surface area contributed by atoms with Crippen molar-refractivity contribution in [3.63, 3.8) is 0 Å². The number of nitrogen functional groups attached to an aromatic ring is 1. The molecule has 0 radical (unpaired) electrons. The van der Waals surface area contributed by atoms with Gasteiger partial charge in [-0.05, 0) is 99.5 Å². The van der Waals surface area contributed by atoms with E-state index in [0.29, 0.717) is 6.26 Å². The fourth-order valence-corrected chi connectivity index (χ4v) is 11.1. The van der Waals surface area contributed by atoms with E-state index in [-0.39, 0.29) is 40.6 Å². The number of ether oxygens (including phenoxy) is 2. The van der Waals surface area contributed by atoms with Crippen LogP contribution in [0.1, 0.15) is 91.9 Å². The number of hydrogen-bond acceptors (Lipinski definition) is 6. The first-order valence-electron chi connectivity index (χ1n) is 18.5. The molecule has 6 nitrogen and oxygen atoms in total.